The van der Waals surface area contributed by atoms with E-state index in [1.165, 1.54) is 19.3 Å². The lowest BCUT2D eigenvalue weighted by Crippen LogP contribution is -2.45. The van der Waals surface area contributed by atoms with Crippen molar-refractivity contribution in [1.82, 2.24) is 15.5 Å². The second kappa shape index (κ2) is 4.63. The first kappa shape index (κ1) is 11.6. The molecule has 0 spiro atoms. The summed E-state index contributed by atoms with van der Waals surface area (Å²) in [7, 11) is 0. The van der Waals surface area contributed by atoms with Gasteiger partial charge in [0.1, 0.15) is 0 Å². The van der Waals surface area contributed by atoms with Gasteiger partial charge in [0.05, 0.1) is 17.1 Å². The predicted octanol–water partition coefficient (Wildman–Crippen LogP) is 1.98. The molecule has 98 valence electrons. The van der Waals surface area contributed by atoms with Crippen molar-refractivity contribution < 1.29 is 4.79 Å². The molecule has 0 atom stereocenters. The number of aromatic amines is 1. The Labute approximate surface area is 107 Å². The maximum Gasteiger partial charge on any atom is 0.322 e. The number of carbonyl (C=O) groups is 1. The summed E-state index contributed by atoms with van der Waals surface area (Å²) in [6.07, 6.45) is 5.79. The van der Waals surface area contributed by atoms with Gasteiger partial charge in [-0.3, -0.25) is 10.00 Å². The van der Waals surface area contributed by atoms with Gasteiger partial charge in [-0.2, -0.15) is 5.10 Å². The molecule has 1 aliphatic heterocycles. The molecule has 0 unspecified atom stereocenters. The van der Waals surface area contributed by atoms with Gasteiger partial charge < -0.3 is 5.32 Å². The predicted molar refractivity (Wildman–Crippen MR) is 69.7 cm³/mol. The number of amides is 2. The number of hydrogen-bond donors (Lipinski definition) is 2. The Hall–Kier alpha value is -1.52. The van der Waals surface area contributed by atoms with E-state index in [0.29, 0.717) is 5.92 Å². The van der Waals surface area contributed by atoms with Gasteiger partial charge in [-0.25, -0.2) is 4.79 Å². The fraction of sp³-hybridized carbons (Fsp3) is 0.692. The number of nitrogens with zero attached hydrogens (tertiary/aromatic N) is 2. The minimum atomic E-state index is 0.0346. The molecule has 2 heterocycles. The summed E-state index contributed by atoms with van der Waals surface area (Å²) >= 11 is 0. The molecule has 0 aromatic carbocycles. The highest BCUT2D eigenvalue weighted by Crippen LogP contribution is 2.29. The van der Waals surface area contributed by atoms with Crippen molar-refractivity contribution in [3.63, 3.8) is 0 Å². The molecule has 0 saturated heterocycles. The highest BCUT2D eigenvalue weighted by molar-refractivity contribution is 5.93. The van der Waals surface area contributed by atoms with Gasteiger partial charge in [-0.15, -0.1) is 0 Å². The Kier molecular flexibility index (Phi) is 2.97. The summed E-state index contributed by atoms with van der Waals surface area (Å²) in [4.78, 5) is 14.1. The molecule has 1 saturated carbocycles. The summed E-state index contributed by atoms with van der Waals surface area (Å²) < 4.78 is 0. The number of carbonyl (C=O) groups excluding carboxylic acids is 1. The maximum atomic E-state index is 12.2. The Bertz CT molecular complexity index is 450. The van der Waals surface area contributed by atoms with Crippen LogP contribution < -0.4 is 10.2 Å². The number of fused-ring (bicyclic) bond motifs is 1. The normalized spacial score (nSPS) is 19.3. The van der Waals surface area contributed by atoms with Crippen LogP contribution in [0.2, 0.25) is 0 Å². The van der Waals surface area contributed by atoms with Crippen LogP contribution in [0.5, 0.6) is 0 Å². The monoisotopic (exact) mass is 248 g/mol. The van der Waals surface area contributed by atoms with E-state index in [-0.39, 0.29) is 6.03 Å². The zero-order chi connectivity index (χ0) is 12.5. The van der Waals surface area contributed by atoms with Gasteiger partial charge in [0.2, 0.25) is 0 Å². The summed E-state index contributed by atoms with van der Waals surface area (Å²) in [6.45, 7) is 3.59. The number of aryl methyl sites for hydroxylation is 2. The molecule has 1 fully saturated rings. The molecule has 5 nitrogen and oxygen atoms in total. The third kappa shape index (κ3) is 1.98. The Morgan fingerprint density at radius 3 is 3.06 bits per heavy atom. The molecule has 5 heteroatoms. The molecule has 1 aliphatic carbocycles. The molecule has 1 aromatic heterocycles. The van der Waals surface area contributed by atoms with Gasteiger partial charge >= 0.3 is 6.03 Å². The second-order valence-corrected chi connectivity index (χ2v) is 5.38. The third-order valence-corrected chi connectivity index (χ3v) is 4.06. The number of nitrogens with one attached hydrogen (secondary N) is 2. The fourth-order valence-corrected chi connectivity index (χ4v) is 2.75. The van der Waals surface area contributed by atoms with Crippen molar-refractivity contribution in [2.75, 3.05) is 18.0 Å². The van der Waals surface area contributed by atoms with E-state index in [2.05, 4.69) is 15.5 Å². The average molecular weight is 248 g/mol. The summed E-state index contributed by atoms with van der Waals surface area (Å²) in [6, 6.07) is 0.0346. The minimum absolute atomic E-state index is 0.0346. The molecule has 1 aromatic rings. The van der Waals surface area contributed by atoms with Crippen LogP contribution in [0.25, 0.3) is 0 Å². The van der Waals surface area contributed by atoms with Gasteiger partial charge in [-0.1, -0.05) is 6.42 Å². The van der Waals surface area contributed by atoms with Crippen molar-refractivity contribution in [1.29, 1.82) is 0 Å². The topological polar surface area (TPSA) is 61.0 Å². The van der Waals surface area contributed by atoms with Gasteiger partial charge in [0.15, 0.2) is 0 Å². The van der Waals surface area contributed by atoms with Crippen LogP contribution in [0, 0.1) is 12.8 Å². The Morgan fingerprint density at radius 1 is 1.50 bits per heavy atom. The number of rotatable bonds is 2. The summed E-state index contributed by atoms with van der Waals surface area (Å²) in [5.74, 6) is 0.698. The Morgan fingerprint density at radius 2 is 2.33 bits per heavy atom. The number of aromatic nitrogens is 2. The van der Waals surface area contributed by atoms with Crippen molar-refractivity contribution in [3.8, 4) is 0 Å². The average Bonchev–Trinajstić information content (AvgIpc) is 2.69. The van der Waals surface area contributed by atoms with Gasteiger partial charge in [0, 0.05) is 13.1 Å². The lowest BCUT2D eigenvalue weighted by Gasteiger charge is -2.30. The molecular formula is C13H20N4O. The molecular weight excluding hydrogens is 228 g/mol. The van der Waals surface area contributed by atoms with Crippen molar-refractivity contribution in [2.45, 2.75) is 39.0 Å². The quantitative estimate of drug-likeness (QED) is 0.840. The number of H-pyrrole nitrogens is 1. The second-order valence-electron chi connectivity index (χ2n) is 5.38. The van der Waals surface area contributed by atoms with Crippen LogP contribution in [0.1, 0.15) is 37.1 Å². The zero-order valence-electron chi connectivity index (χ0n) is 10.8. The maximum absolute atomic E-state index is 12.2. The van der Waals surface area contributed by atoms with E-state index in [1.807, 2.05) is 11.8 Å². The minimum Gasteiger partial charge on any atom is -0.337 e. The molecule has 0 radical (unpaired) electrons. The number of anilines is 1. The fourth-order valence-electron chi connectivity index (χ4n) is 2.75. The smallest absolute Gasteiger partial charge is 0.322 e. The SMILES string of the molecule is Cc1[nH]nc2c1N(C(=O)NCC1CCC1)CCC2. The lowest BCUT2D eigenvalue weighted by atomic mass is 9.85. The molecule has 0 bridgehead atoms. The van der Waals surface area contributed by atoms with Crippen molar-refractivity contribution >= 4 is 11.7 Å². The molecule has 2 aliphatic rings. The highest BCUT2D eigenvalue weighted by Gasteiger charge is 2.27. The van der Waals surface area contributed by atoms with E-state index >= 15 is 0 Å². The van der Waals surface area contributed by atoms with E-state index in [9.17, 15) is 4.79 Å². The summed E-state index contributed by atoms with van der Waals surface area (Å²) in [5, 5.41) is 10.3. The van der Waals surface area contributed by atoms with Crippen LogP contribution in [0.15, 0.2) is 0 Å². The summed E-state index contributed by atoms with van der Waals surface area (Å²) in [5.41, 5.74) is 3.01. The van der Waals surface area contributed by atoms with E-state index < -0.39 is 0 Å². The molecule has 3 rings (SSSR count). The largest absolute Gasteiger partial charge is 0.337 e. The lowest BCUT2D eigenvalue weighted by molar-refractivity contribution is 0.237. The standard InChI is InChI=1S/C13H20N4O/c1-9-12-11(16-15-9)6-3-7-17(12)13(18)14-8-10-4-2-5-10/h10H,2-8H2,1H3,(H,14,18)(H,15,16). The van der Waals surface area contributed by atoms with E-state index in [0.717, 1.165) is 43.0 Å². The van der Waals surface area contributed by atoms with Crippen LogP contribution >= 0.6 is 0 Å². The number of hydrogen-bond acceptors (Lipinski definition) is 2. The van der Waals surface area contributed by atoms with Crippen molar-refractivity contribution in [3.05, 3.63) is 11.4 Å². The first-order valence-electron chi connectivity index (χ1n) is 6.85. The van der Waals surface area contributed by atoms with Gasteiger partial charge in [-0.05, 0) is 38.5 Å². The van der Waals surface area contributed by atoms with Crippen LogP contribution in [0.4, 0.5) is 10.5 Å². The molecule has 2 amide bonds. The Balaban J connectivity index is 1.68. The van der Waals surface area contributed by atoms with E-state index in [4.69, 9.17) is 0 Å². The number of urea groups is 1. The van der Waals surface area contributed by atoms with Crippen molar-refractivity contribution in [2.24, 2.45) is 5.92 Å². The van der Waals surface area contributed by atoms with Crippen LogP contribution in [-0.2, 0) is 6.42 Å². The molecule has 18 heavy (non-hydrogen) atoms. The van der Waals surface area contributed by atoms with Gasteiger partial charge in [0.25, 0.3) is 0 Å². The highest BCUT2D eigenvalue weighted by atomic mass is 16.2. The van der Waals surface area contributed by atoms with E-state index in [1.54, 1.807) is 0 Å². The first-order chi connectivity index (χ1) is 8.75. The zero-order valence-corrected chi connectivity index (χ0v) is 10.8. The molecule has 2 N–H and O–H groups in total. The van der Waals surface area contributed by atoms with Crippen LogP contribution in [-0.4, -0.2) is 29.3 Å². The first-order valence-corrected chi connectivity index (χ1v) is 6.85. The third-order valence-electron chi connectivity index (χ3n) is 4.06. The van der Waals surface area contributed by atoms with Crippen LogP contribution in [0.3, 0.4) is 0 Å².